The van der Waals surface area contributed by atoms with Gasteiger partial charge in [0.15, 0.2) is 0 Å². The van der Waals surface area contributed by atoms with E-state index in [0.29, 0.717) is 35.0 Å². The molecule has 1 unspecified atom stereocenters. The Balaban J connectivity index is 1.52. The smallest absolute Gasteiger partial charge is 0.135 e. The van der Waals surface area contributed by atoms with Gasteiger partial charge in [-0.25, -0.2) is 9.37 Å². The van der Waals surface area contributed by atoms with Crippen LogP contribution in [0.4, 0.5) is 21.6 Å². The lowest BCUT2D eigenvalue weighted by molar-refractivity contribution is 0.152. The molecule has 3 N–H and O–H groups in total. The van der Waals surface area contributed by atoms with E-state index >= 15 is 0 Å². The second-order valence-corrected chi connectivity index (χ2v) is 7.92. The number of aliphatic hydroxyl groups is 1. The van der Waals surface area contributed by atoms with Crippen LogP contribution in [0.2, 0.25) is 5.02 Å². The highest BCUT2D eigenvalue weighted by molar-refractivity contribution is 6.33. The lowest BCUT2D eigenvalue weighted by Gasteiger charge is -2.18. The number of hydrogen-bond donors (Lipinski definition) is 3. The van der Waals surface area contributed by atoms with Gasteiger partial charge < -0.3 is 15.3 Å². The van der Waals surface area contributed by atoms with E-state index in [1.807, 2.05) is 18.3 Å². The predicted molar refractivity (Wildman–Crippen MR) is 115 cm³/mol. The largest absolute Gasteiger partial charge is 0.374 e. The van der Waals surface area contributed by atoms with Gasteiger partial charge in [-0.2, -0.15) is 0 Å². The second kappa shape index (κ2) is 7.83. The van der Waals surface area contributed by atoms with Crippen molar-refractivity contribution in [3.8, 4) is 11.3 Å². The highest BCUT2D eigenvalue weighted by Gasteiger charge is 2.27. The van der Waals surface area contributed by atoms with Crippen molar-refractivity contribution >= 4 is 28.8 Å². The number of hydrogen-bond acceptors (Lipinski definition) is 6. The van der Waals surface area contributed by atoms with Crippen LogP contribution in [0.15, 0.2) is 42.6 Å². The highest BCUT2D eigenvalue weighted by Crippen LogP contribution is 2.37. The number of fused-ring (bicyclic) bond motifs is 1. The van der Waals surface area contributed by atoms with E-state index in [4.69, 9.17) is 11.6 Å². The number of nitrogens with one attached hydrogen (secondary N) is 2. The molecule has 5 rings (SSSR count). The molecule has 1 saturated heterocycles. The zero-order valence-electron chi connectivity index (χ0n) is 16.2. The molecule has 0 spiro atoms. The summed E-state index contributed by atoms with van der Waals surface area (Å²) >= 11 is 6.25. The van der Waals surface area contributed by atoms with Gasteiger partial charge in [-0.1, -0.05) is 17.7 Å². The van der Waals surface area contributed by atoms with Crippen molar-refractivity contribution in [2.75, 3.05) is 23.3 Å². The molecule has 2 aliphatic rings. The van der Waals surface area contributed by atoms with Crippen LogP contribution < -0.4 is 15.5 Å². The monoisotopic (exact) mass is 425 g/mol. The van der Waals surface area contributed by atoms with Crippen LogP contribution >= 0.6 is 11.6 Å². The summed E-state index contributed by atoms with van der Waals surface area (Å²) in [5.74, 6) is 0.191. The summed E-state index contributed by atoms with van der Waals surface area (Å²) in [6.45, 7) is 2.49. The summed E-state index contributed by atoms with van der Waals surface area (Å²) in [5.41, 5.74) is 3.64. The average Bonchev–Trinajstić information content (AvgIpc) is 3.39. The third-order valence-corrected chi connectivity index (χ3v) is 5.89. The minimum Gasteiger partial charge on any atom is -0.374 e. The second-order valence-electron chi connectivity index (χ2n) is 7.52. The first-order valence-corrected chi connectivity index (χ1v) is 10.4. The summed E-state index contributed by atoms with van der Waals surface area (Å²) in [6, 6.07) is 10.2. The summed E-state index contributed by atoms with van der Waals surface area (Å²) in [6.07, 6.45) is 3.40. The molecular formula is C22H21ClFN5O. The fourth-order valence-electron chi connectivity index (χ4n) is 4.08. The number of aliphatic hydroxyl groups excluding tert-OH is 1. The maximum atomic E-state index is 14.5. The maximum absolute atomic E-state index is 14.5. The maximum Gasteiger partial charge on any atom is 0.135 e. The molecule has 1 atom stereocenters. The Bertz CT molecular complexity index is 1070. The molecule has 0 radical (unpaired) electrons. The van der Waals surface area contributed by atoms with Gasteiger partial charge in [-0.3, -0.25) is 10.3 Å². The van der Waals surface area contributed by atoms with Gasteiger partial charge in [0.25, 0.3) is 0 Å². The summed E-state index contributed by atoms with van der Waals surface area (Å²) < 4.78 is 14.5. The van der Waals surface area contributed by atoms with Crippen molar-refractivity contribution in [2.24, 2.45) is 0 Å². The van der Waals surface area contributed by atoms with Crippen LogP contribution in [0.3, 0.4) is 0 Å². The Morgan fingerprint density at radius 2 is 2.03 bits per heavy atom. The van der Waals surface area contributed by atoms with Gasteiger partial charge in [0.1, 0.15) is 17.9 Å². The van der Waals surface area contributed by atoms with Crippen LogP contribution in [0.25, 0.3) is 11.3 Å². The fraction of sp³-hybridized carbons (Fsp3) is 0.273. The van der Waals surface area contributed by atoms with Gasteiger partial charge in [0, 0.05) is 25.2 Å². The average molecular weight is 426 g/mol. The highest BCUT2D eigenvalue weighted by atomic mass is 35.5. The Morgan fingerprint density at radius 3 is 2.77 bits per heavy atom. The van der Waals surface area contributed by atoms with E-state index in [1.54, 1.807) is 18.2 Å². The third-order valence-electron chi connectivity index (χ3n) is 5.57. The van der Waals surface area contributed by atoms with Gasteiger partial charge in [-0.15, -0.1) is 0 Å². The molecule has 6 nitrogen and oxygen atoms in total. The molecule has 0 aliphatic carbocycles. The van der Waals surface area contributed by atoms with Gasteiger partial charge in [-0.05, 0) is 43.2 Å². The summed E-state index contributed by atoms with van der Waals surface area (Å²) in [7, 11) is 0. The summed E-state index contributed by atoms with van der Waals surface area (Å²) in [5, 5.41) is 16.9. The Kier molecular flexibility index (Phi) is 5.02. The SMILES string of the molecule is OC1NCc2nc(-c3c(F)cccc3Cl)cc(Nc3ccc(N4CCCC4)cn3)c21. The van der Waals surface area contributed by atoms with Crippen molar-refractivity contribution in [1.29, 1.82) is 0 Å². The lowest BCUT2D eigenvalue weighted by atomic mass is 10.1. The Morgan fingerprint density at radius 1 is 1.20 bits per heavy atom. The number of benzene rings is 1. The first-order valence-electron chi connectivity index (χ1n) is 9.98. The van der Waals surface area contributed by atoms with Crippen LogP contribution in [-0.4, -0.2) is 28.2 Å². The predicted octanol–water partition coefficient (Wildman–Crippen LogP) is 4.37. The van der Waals surface area contributed by atoms with Crippen molar-refractivity contribution in [3.63, 3.8) is 0 Å². The van der Waals surface area contributed by atoms with E-state index in [1.165, 1.54) is 18.9 Å². The van der Waals surface area contributed by atoms with Crippen LogP contribution in [0.5, 0.6) is 0 Å². The lowest BCUT2D eigenvalue weighted by Crippen LogP contribution is -2.17. The molecule has 8 heteroatoms. The van der Waals surface area contributed by atoms with Crippen molar-refractivity contribution < 1.29 is 9.50 Å². The van der Waals surface area contributed by atoms with Gasteiger partial charge >= 0.3 is 0 Å². The number of halogens is 2. The van der Waals surface area contributed by atoms with E-state index in [9.17, 15) is 9.50 Å². The van der Waals surface area contributed by atoms with E-state index in [2.05, 4.69) is 25.5 Å². The van der Waals surface area contributed by atoms with E-state index in [-0.39, 0.29) is 10.6 Å². The van der Waals surface area contributed by atoms with Gasteiger partial charge in [0.2, 0.25) is 0 Å². The molecule has 1 fully saturated rings. The number of pyridine rings is 2. The Hall–Kier alpha value is -2.74. The number of anilines is 3. The molecule has 3 aromatic rings. The zero-order valence-corrected chi connectivity index (χ0v) is 17.0. The topological polar surface area (TPSA) is 73.3 Å². The van der Waals surface area contributed by atoms with Crippen LogP contribution in [0.1, 0.15) is 30.3 Å². The van der Waals surface area contributed by atoms with E-state index < -0.39 is 12.0 Å². The Labute approximate surface area is 178 Å². The first-order chi connectivity index (χ1) is 14.6. The molecule has 4 heterocycles. The minimum atomic E-state index is -0.857. The molecule has 0 amide bonds. The quantitative estimate of drug-likeness (QED) is 0.576. The van der Waals surface area contributed by atoms with E-state index in [0.717, 1.165) is 18.8 Å². The van der Waals surface area contributed by atoms with Crippen LogP contribution in [0, 0.1) is 5.82 Å². The summed E-state index contributed by atoms with van der Waals surface area (Å²) in [4.78, 5) is 11.4. The molecule has 0 saturated carbocycles. The first kappa shape index (κ1) is 19.2. The fourth-order valence-corrected chi connectivity index (χ4v) is 4.34. The number of aromatic nitrogens is 2. The minimum absolute atomic E-state index is 0.240. The normalized spacial score (nSPS) is 18.0. The molecule has 1 aromatic carbocycles. The molecular weight excluding hydrogens is 405 g/mol. The number of rotatable bonds is 4. The molecule has 0 bridgehead atoms. The molecule has 2 aromatic heterocycles. The van der Waals surface area contributed by atoms with Gasteiger partial charge in [0.05, 0.1) is 39.5 Å². The standard InChI is InChI=1S/C22H21ClFN5O/c23-14-4-3-5-15(24)20(14)16-10-17(21-18(27-16)12-26-22(21)30)28-19-7-6-13(11-25-19)29-8-1-2-9-29/h3-7,10-11,22,26,30H,1-2,8-9,12H2,(H,25,27,28). The van der Waals surface area contributed by atoms with Crippen molar-refractivity contribution in [2.45, 2.75) is 25.6 Å². The zero-order chi connectivity index (χ0) is 20.7. The number of nitrogens with zero attached hydrogens (tertiary/aromatic N) is 3. The van der Waals surface area contributed by atoms with Crippen molar-refractivity contribution in [3.05, 3.63) is 64.7 Å². The molecule has 30 heavy (non-hydrogen) atoms. The third kappa shape index (κ3) is 3.49. The van der Waals surface area contributed by atoms with Crippen molar-refractivity contribution in [1.82, 2.24) is 15.3 Å². The van der Waals surface area contributed by atoms with Crippen LogP contribution in [-0.2, 0) is 6.54 Å². The molecule has 2 aliphatic heterocycles. The molecule has 154 valence electrons.